The third-order valence-corrected chi connectivity index (χ3v) is 3.37. The molecule has 0 amide bonds. The summed E-state index contributed by atoms with van der Waals surface area (Å²) in [6.07, 6.45) is 6.14. The van der Waals surface area contributed by atoms with Crippen LogP contribution < -0.4 is 0 Å². The molecule has 0 aliphatic heterocycles. The smallest absolute Gasteiger partial charge is 0.0851 e. The first kappa shape index (κ1) is 13.4. The topological polar surface area (TPSA) is 17.8 Å². The summed E-state index contributed by atoms with van der Waals surface area (Å²) in [7, 11) is 0. The Kier molecular flexibility index (Phi) is 3.97. The van der Waals surface area contributed by atoms with Gasteiger partial charge < -0.3 is 0 Å². The number of hydrogen-bond acceptors (Lipinski definition) is 1. The fourth-order valence-corrected chi connectivity index (χ4v) is 2.18. The van der Waals surface area contributed by atoms with Crippen molar-refractivity contribution >= 4 is 12.2 Å². The number of nitrogens with zero attached hydrogens (tertiary/aromatic N) is 2. The summed E-state index contributed by atoms with van der Waals surface area (Å²) in [4.78, 5) is 0. The van der Waals surface area contributed by atoms with Crippen LogP contribution in [0, 0.1) is 6.92 Å². The highest BCUT2D eigenvalue weighted by molar-refractivity contribution is 5.67. The first-order valence-corrected chi connectivity index (χ1v) is 7.12. The van der Waals surface area contributed by atoms with Crippen LogP contribution in [0.1, 0.15) is 22.4 Å². The Balaban J connectivity index is 1.69. The summed E-state index contributed by atoms with van der Waals surface area (Å²) in [6.45, 7) is 2.91. The van der Waals surface area contributed by atoms with Crippen LogP contribution in [0.5, 0.6) is 0 Å². The number of aryl methyl sites for hydroxylation is 1. The highest BCUT2D eigenvalue weighted by Gasteiger charge is 1.98. The molecule has 0 saturated heterocycles. The van der Waals surface area contributed by atoms with Crippen molar-refractivity contribution < 1.29 is 0 Å². The minimum atomic E-state index is 0.805. The molecule has 0 bridgehead atoms. The van der Waals surface area contributed by atoms with Crippen molar-refractivity contribution in [3.8, 4) is 0 Å². The molecule has 104 valence electrons. The minimum absolute atomic E-state index is 0.805. The summed E-state index contributed by atoms with van der Waals surface area (Å²) in [5.41, 5.74) is 4.71. The second kappa shape index (κ2) is 6.23. The zero-order chi connectivity index (χ0) is 14.5. The lowest BCUT2D eigenvalue weighted by atomic mass is 10.1. The van der Waals surface area contributed by atoms with E-state index in [2.05, 4.69) is 54.5 Å². The molecule has 0 radical (unpaired) electrons. The number of aromatic nitrogens is 2. The lowest BCUT2D eigenvalue weighted by Crippen LogP contribution is -2.00. The van der Waals surface area contributed by atoms with Crippen molar-refractivity contribution in [3.63, 3.8) is 0 Å². The molecule has 2 heteroatoms. The van der Waals surface area contributed by atoms with Gasteiger partial charge in [0.1, 0.15) is 0 Å². The van der Waals surface area contributed by atoms with Gasteiger partial charge in [-0.2, -0.15) is 5.10 Å². The first-order chi connectivity index (χ1) is 10.3. The van der Waals surface area contributed by atoms with E-state index in [-0.39, 0.29) is 0 Å². The van der Waals surface area contributed by atoms with Crippen LogP contribution in [0.15, 0.2) is 66.9 Å². The number of hydrogen-bond donors (Lipinski definition) is 0. The molecule has 0 aliphatic carbocycles. The van der Waals surface area contributed by atoms with Gasteiger partial charge >= 0.3 is 0 Å². The molecule has 0 aliphatic rings. The molecule has 3 rings (SSSR count). The van der Waals surface area contributed by atoms with Crippen LogP contribution in [0.25, 0.3) is 12.2 Å². The maximum atomic E-state index is 4.57. The SMILES string of the molecule is Cc1ccc(Cn2ccc(/C=C/c3ccccc3)n2)cc1. The maximum absolute atomic E-state index is 4.57. The average Bonchev–Trinajstić information content (AvgIpc) is 2.96. The van der Waals surface area contributed by atoms with Crippen LogP contribution in [0.4, 0.5) is 0 Å². The van der Waals surface area contributed by atoms with Crippen molar-refractivity contribution in [2.75, 3.05) is 0 Å². The minimum Gasteiger partial charge on any atom is -0.268 e. The molecule has 0 fully saturated rings. The van der Waals surface area contributed by atoms with E-state index in [1.165, 1.54) is 16.7 Å². The second-order valence-electron chi connectivity index (χ2n) is 5.17. The van der Waals surface area contributed by atoms with Crippen molar-refractivity contribution in [2.45, 2.75) is 13.5 Å². The number of benzene rings is 2. The lowest BCUT2D eigenvalue weighted by Gasteiger charge is -2.02. The molecule has 1 heterocycles. The monoisotopic (exact) mass is 274 g/mol. The Labute approximate surface area is 125 Å². The van der Waals surface area contributed by atoms with E-state index in [1.54, 1.807) is 0 Å². The third-order valence-electron chi connectivity index (χ3n) is 3.37. The Morgan fingerprint density at radius 2 is 1.67 bits per heavy atom. The molecule has 0 N–H and O–H groups in total. The van der Waals surface area contributed by atoms with Crippen molar-refractivity contribution in [1.29, 1.82) is 0 Å². The van der Waals surface area contributed by atoms with E-state index in [0.29, 0.717) is 0 Å². The molecule has 21 heavy (non-hydrogen) atoms. The Hall–Kier alpha value is -2.61. The average molecular weight is 274 g/mol. The van der Waals surface area contributed by atoms with E-state index in [9.17, 15) is 0 Å². The lowest BCUT2D eigenvalue weighted by molar-refractivity contribution is 0.685. The van der Waals surface area contributed by atoms with E-state index >= 15 is 0 Å². The molecule has 1 aromatic heterocycles. The summed E-state index contributed by atoms with van der Waals surface area (Å²) in [5, 5.41) is 4.57. The van der Waals surface area contributed by atoms with Crippen LogP contribution in [-0.4, -0.2) is 9.78 Å². The van der Waals surface area contributed by atoms with Gasteiger partial charge in [-0.1, -0.05) is 66.2 Å². The molecule has 3 aromatic rings. The van der Waals surface area contributed by atoms with Gasteiger partial charge in [-0.15, -0.1) is 0 Å². The normalized spacial score (nSPS) is 11.1. The quantitative estimate of drug-likeness (QED) is 0.689. The van der Waals surface area contributed by atoms with Gasteiger partial charge in [-0.25, -0.2) is 0 Å². The van der Waals surface area contributed by atoms with Crippen LogP contribution in [0.3, 0.4) is 0 Å². The van der Waals surface area contributed by atoms with Crippen LogP contribution in [0.2, 0.25) is 0 Å². The molecular weight excluding hydrogens is 256 g/mol. The molecule has 0 saturated carbocycles. The summed E-state index contributed by atoms with van der Waals surface area (Å²) in [5.74, 6) is 0. The summed E-state index contributed by atoms with van der Waals surface area (Å²) < 4.78 is 1.97. The standard InChI is InChI=1S/C19H18N2/c1-16-7-9-18(10-8-16)15-21-14-13-19(20-21)12-11-17-5-3-2-4-6-17/h2-14H,15H2,1H3/b12-11+. The van der Waals surface area contributed by atoms with Gasteiger partial charge in [0.2, 0.25) is 0 Å². The fourth-order valence-electron chi connectivity index (χ4n) is 2.18. The molecule has 0 spiro atoms. The van der Waals surface area contributed by atoms with E-state index in [0.717, 1.165) is 12.2 Å². The fraction of sp³-hybridized carbons (Fsp3) is 0.105. The Bertz CT molecular complexity index is 722. The molecular formula is C19H18N2. The molecule has 2 nitrogen and oxygen atoms in total. The van der Waals surface area contributed by atoms with Gasteiger partial charge in [0.25, 0.3) is 0 Å². The predicted molar refractivity (Wildman–Crippen MR) is 87.9 cm³/mol. The molecule has 2 aromatic carbocycles. The van der Waals surface area contributed by atoms with Gasteiger partial charge in [-0.05, 0) is 30.2 Å². The Morgan fingerprint density at radius 3 is 2.43 bits per heavy atom. The Morgan fingerprint density at radius 1 is 0.905 bits per heavy atom. The van der Waals surface area contributed by atoms with Gasteiger partial charge in [0, 0.05) is 6.20 Å². The summed E-state index contributed by atoms with van der Waals surface area (Å²) >= 11 is 0. The largest absolute Gasteiger partial charge is 0.268 e. The third kappa shape index (κ3) is 3.69. The van der Waals surface area contributed by atoms with Gasteiger partial charge in [-0.3, -0.25) is 4.68 Å². The highest BCUT2D eigenvalue weighted by atomic mass is 15.3. The van der Waals surface area contributed by atoms with Gasteiger partial charge in [0.05, 0.1) is 12.2 Å². The second-order valence-corrected chi connectivity index (χ2v) is 5.17. The molecule has 0 unspecified atom stereocenters. The zero-order valence-electron chi connectivity index (χ0n) is 12.1. The highest BCUT2D eigenvalue weighted by Crippen LogP contribution is 2.08. The van der Waals surface area contributed by atoms with E-state index < -0.39 is 0 Å². The van der Waals surface area contributed by atoms with Crippen LogP contribution in [-0.2, 0) is 6.54 Å². The summed E-state index contributed by atoms with van der Waals surface area (Å²) in [6, 6.07) is 20.9. The van der Waals surface area contributed by atoms with Crippen molar-refractivity contribution in [2.24, 2.45) is 0 Å². The van der Waals surface area contributed by atoms with E-state index in [4.69, 9.17) is 0 Å². The number of rotatable bonds is 4. The van der Waals surface area contributed by atoms with Gasteiger partial charge in [0.15, 0.2) is 0 Å². The van der Waals surface area contributed by atoms with E-state index in [1.807, 2.05) is 41.2 Å². The first-order valence-electron chi connectivity index (χ1n) is 7.12. The maximum Gasteiger partial charge on any atom is 0.0851 e. The van der Waals surface area contributed by atoms with Crippen molar-refractivity contribution in [3.05, 3.63) is 89.2 Å². The van der Waals surface area contributed by atoms with Crippen molar-refractivity contribution in [1.82, 2.24) is 9.78 Å². The van der Waals surface area contributed by atoms with Crippen LogP contribution >= 0.6 is 0 Å². The molecule has 0 atom stereocenters. The zero-order valence-corrected chi connectivity index (χ0v) is 12.1. The predicted octanol–water partition coefficient (Wildman–Crippen LogP) is 4.41.